The van der Waals surface area contributed by atoms with E-state index >= 15 is 0 Å². The van der Waals surface area contributed by atoms with E-state index in [0.717, 1.165) is 17.6 Å². The average molecular weight is 276 g/mol. The number of benzene rings is 1. The summed E-state index contributed by atoms with van der Waals surface area (Å²) in [5.41, 5.74) is 1.60. The summed E-state index contributed by atoms with van der Waals surface area (Å²) in [4.78, 5) is 10.5. The van der Waals surface area contributed by atoms with Crippen LogP contribution in [-0.2, 0) is 0 Å². The van der Waals surface area contributed by atoms with Gasteiger partial charge in [-0.3, -0.25) is 4.79 Å². The molecule has 1 rings (SSSR count). The van der Waals surface area contributed by atoms with Crippen molar-refractivity contribution in [2.75, 3.05) is 4.61 Å². The van der Waals surface area contributed by atoms with Gasteiger partial charge in [-0.1, -0.05) is 12.1 Å². The third-order valence-corrected chi connectivity index (χ3v) is 1.97. The van der Waals surface area contributed by atoms with Crippen molar-refractivity contribution >= 4 is 28.9 Å². The SMILES string of the molecule is Cc1c(C=O)cccc1OCI. The molecule has 64 valence electrons. The lowest BCUT2D eigenvalue weighted by atomic mass is 10.1. The number of ether oxygens (including phenoxy) is 1. The van der Waals surface area contributed by atoms with Crippen molar-refractivity contribution in [3.05, 3.63) is 29.3 Å². The number of aldehydes is 1. The van der Waals surface area contributed by atoms with Crippen LogP contribution in [0.2, 0.25) is 0 Å². The van der Waals surface area contributed by atoms with E-state index in [9.17, 15) is 4.79 Å². The van der Waals surface area contributed by atoms with Crippen LogP contribution < -0.4 is 4.74 Å². The summed E-state index contributed by atoms with van der Waals surface area (Å²) in [6, 6.07) is 5.46. The van der Waals surface area contributed by atoms with Gasteiger partial charge in [-0.2, -0.15) is 0 Å². The summed E-state index contributed by atoms with van der Waals surface area (Å²) in [6.45, 7) is 1.88. The van der Waals surface area contributed by atoms with E-state index in [1.807, 2.05) is 19.1 Å². The zero-order valence-corrected chi connectivity index (χ0v) is 8.87. The van der Waals surface area contributed by atoms with Gasteiger partial charge in [0, 0.05) is 11.1 Å². The number of carbonyl (C=O) groups is 1. The Bertz CT molecular complexity index is 284. The van der Waals surface area contributed by atoms with Gasteiger partial charge in [0.1, 0.15) is 16.6 Å². The highest BCUT2D eigenvalue weighted by molar-refractivity contribution is 14.1. The van der Waals surface area contributed by atoms with E-state index in [0.29, 0.717) is 10.2 Å². The van der Waals surface area contributed by atoms with Crippen LogP contribution in [0.4, 0.5) is 0 Å². The number of hydrogen-bond donors (Lipinski definition) is 0. The molecule has 0 aliphatic rings. The van der Waals surface area contributed by atoms with Crippen LogP contribution in [0.3, 0.4) is 0 Å². The molecule has 0 aliphatic heterocycles. The molecule has 0 atom stereocenters. The van der Waals surface area contributed by atoms with Crippen molar-refractivity contribution in [1.82, 2.24) is 0 Å². The van der Waals surface area contributed by atoms with Crippen molar-refractivity contribution in [3.8, 4) is 5.75 Å². The van der Waals surface area contributed by atoms with Crippen molar-refractivity contribution < 1.29 is 9.53 Å². The highest BCUT2D eigenvalue weighted by Gasteiger charge is 2.02. The first kappa shape index (κ1) is 9.51. The van der Waals surface area contributed by atoms with Crippen LogP contribution in [0.5, 0.6) is 5.75 Å². The standard InChI is InChI=1S/C9H9IO2/c1-7-8(5-11)3-2-4-9(7)12-6-10/h2-5H,6H2,1H3. The summed E-state index contributed by atoms with van der Waals surface area (Å²) in [6.07, 6.45) is 0.843. The molecular weight excluding hydrogens is 267 g/mol. The highest BCUT2D eigenvalue weighted by atomic mass is 127. The Kier molecular flexibility index (Phi) is 3.52. The minimum absolute atomic E-state index is 0.598. The maximum absolute atomic E-state index is 10.5. The average Bonchev–Trinajstić information content (AvgIpc) is 2.09. The largest absolute Gasteiger partial charge is 0.483 e. The predicted octanol–water partition coefficient (Wildman–Crippen LogP) is 2.58. The van der Waals surface area contributed by atoms with Gasteiger partial charge >= 0.3 is 0 Å². The lowest BCUT2D eigenvalue weighted by Crippen LogP contribution is -1.94. The summed E-state index contributed by atoms with van der Waals surface area (Å²) < 4.78 is 5.91. The quantitative estimate of drug-likeness (QED) is 0.482. The molecule has 12 heavy (non-hydrogen) atoms. The van der Waals surface area contributed by atoms with Crippen molar-refractivity contribution in [3.63, 3.8) is 0 Å². The Morgan fingerprint density at radius 3 is 2.92 bits per heavy atom. The normalized spacial score (nSPS) is 9.50. The van der Waals surface area contributed by atoms with Gasteiger partial charge < -0.3 is 4.74 Å². The van der Waals surface area contributed by atoms with Gasteiger partial charge in [-0.25, -0.2) is 0 Å². The second-order valence-electron chi connectivity index (χ2n) is 2.34. The maximum atomic E-state index is 10.5. The molecule has 0 saturated carbocycles. The first-order chi connectivity index (χ1) is 5.79. The number of halogens is 1. The smallest absolute Gasteiger partial charge is 0.150 e. The zero-order valence-electron chi connectivity index (χ0n) is 6.71. The zero-order chi connectivity index (χ0) is 8.97. The third kappa shape index (κ3) is 1.97. The lowest BCUT2D eigenvalue weighted by Gasteiger charge is -2.06. The van der Waals surface area contributed by atoms with E-state index in [4.69, 9.17) is 4.74 Å². The fourth-order valence-electron chi connectivity index (χ4n) is 0.974. The lowest BCUT2D eigenvalue weighted by molar-refractivity contribution is 0.112. The van der Waals surface area contributed by atoms with Gasteiger partial charge in [-0.05, 0) is 35.6 Å². The molecule has 0 aliphatic carbocycles. The second-order valence-corrected chi connectivity index (χ2v) is 2.96. The summed E-state index contributed by atoms with van der Waals surface area (Å²) in [5, 5.41) is 0. The van der Waals surface area contributed by atoms with E-state index in [1.54, 1.807) is 6.07 Å². The molecule has 1 aromatic rings. The van der Waals surface area contributed by atoms with Gasteiger partial charge in [0.15, 0.2) is 0 Å². The molecule has 0 unspecified atom stereocenters. The summed E-state index contributed by atoms with van der Waals surface area (Å²) in [5.74, 6) is 0.786. The van der Waals surface area contributed by atoms with Gasteiger partial charge in [0.25, 0.3) is 0 Å². The molecule has 0 bridgehead atoms. The Morgan fingerprint density at radius 1 is 1.58 bits per heavy atom. The van der Waals surface area contributed by atoms with E-state index in [2.05, 4.69) is 22.6 Å². The monoisotopic (exact) mass is 276 g/mol. The number of alkyl halides is 1. The minimum Gasteiger partial charge on any atom is -0.483 e. The van der Waals surface area contributed by atoms with Crippen LogP contribution in [0.1, 0.15) is 15.9 Å². The molecule has 0 saturated heterocycles. The Morgan fingerprint density at radius 2 is 2.33 bits per heavy atom. The van der Waals surface area contributed by atoms with Crippen LogP contribution in [0.15, 0.2) is 18.2 Å². The third-order valence-electron chi connectivity index (χ3n) is 1.66. The van der Waals surface area contributed by atoms with E-state index in [-0.39, 0.29) is 0 Å². The Labute approximate surface area is 85.1 Å². The Balaban J connectivity index is 3.04. The number of carbonyl (C=O) groups excluding carboxylic acids is 1. The number of rotatable bonds is 3. The molecule has 0 radical (unpaired) electrons. The Hall–Kier alpha value is -0.580. The molecule has 0 amide bonds. The van der Waals surface area contributed by atoms with Gasteiger partial charge in [0.2, 0.25) is 0 Å². The van der Waals surface area contributed by atoms with E-state index < -0.39 is 0 Å². The molecule has 1 aromatic carbocycles. The number of hydrogen-bond acceptors (Lipinski definition) is 2. The fraction of sp³-hybridized carbons (Fsp3) is 0.222. The highest BCUT2D eigenvalue weighted by Crippen LogP contribution is 2.20. The van der Waals surface area contributed by atoms with Crippen LogP contribution in [-0.4, -0.2) is 10.9 Å². The van der Waals surface area contributed by atoms with Crippen molar-refractivity contribution in [1.29, 1.82) is 0 Å². The van der Waals surface area contributed by atoms with Crippen LogP contribution in [0.25, 0.3) is 0 Å². The molecule has 0 spiro atoms. The maximum Gasteiger partial charge on any atom is 0.150 e. The van der Waals surface area contributed by atoms with E-state index in [1.165, 1.54) is 0 Å². The first-order valence-corrected chi connectivity index (χ1v) is 5.05. The van der Waals surface area contributed by atoms with Crippen molar-refractivity contribution in [2.24, 2.45) is 0 Å². The molecule has 3 heteroatoms. The molecule has 0 aromatic heterocycles. The molecule has 0 heterocycles. The molecule has 0 N–H and O–H groups in total. The molecule has 2 nitrogen and oxygen atoms in total. The van der Waals surface area contributed by atoms with Gasteiger partial charge in [-0.15, -0.1) is 0 Å². The minimum atomic E-state index is 0.598. The van der Waals surface area contributed by atoms with Gasteiger partial charge in [0.05, 0.1) is 0 Å². The molecule has 0 fully saturated rings. The second kappa shape index (κ2) is 4.45. The topological polar surface area (TPSA) is 26.3 Å². The first-order valence-electron chi connectivity index (χ1n) is 3.53. The fourth-order valence-corrected chi connectivity index (χ4v) is 1.31. The van der Waals surface area contributed by atoms with Crippen molar-refractivity contribution in [2.45, 2.75) is 6.92 Å². The predicted molar refractivity (Wildman–Crippen MR) is 56.1 cm³/mol. The summed E-state index contributed by atoms with van der Waals surface area (Å²) >= 11 is 2.12. The van der Waals surface area contributed by atoms with Crippen LogP contribution >= 0.6 is 22.6 Å². The molecular formula is C9H9IO2. The summed E-state index contributed by atoms with van der Waals surface area (Å²) in [7, 11) is 0. The van der Waals surface area contributed by atoms with Crippen LogP contribution in [0, 0.1) is 6.92 Å².